The van der Waals surface area contributed by atoms with Gasteiger partial charge >= 0.3 is 0 Å². The van der Waals surface area contributed by atoms with E-state index in [1.54, 1.807) is 6.26 Å². The first-order chi connectivity index (χ1) is 19.4. The van der Waals surface area contributed by atoms with Crippen LogP contribution >= 0.6 is 0 Å². The average Bonchev–Trinajstić information content (AvgIpc) is 3.25. The molecule has 9 nitrogen and oxygen atoms in total. The number of ether oxygens (including phenoxy) is 1. The van der Waals surface area contributed by atoms with Crippen molar-refractivity contribution >= 4 is 45.1 Å². The van der Waals surface area contributed by atoms with Gasteiger partial charge in [0.15, 0.2) is 5.75 Å². The van der Waals surface area contributed by atoms with Crippen molar-refractivity contribution in [2.45, 2.75) is 52.5 Å². The fourth-order valence-corrected chi connectivity index (χ4v) is 5.87. The second kappa shape index (κ2) is 12.7. The average molecular weight is 582 g/mol. The Morgan fingerprint density at radius 3 is 2.34 bits per heavy atom. The molecule has 3 aromatic rings. The predicted octanol–water partition coefficient (Wildman–Crippen LogP) is 4.89. The number of fused-ring (bicyclic) bond motifs is 1. The van der Waals surface area contributed by atoms with E-state index in [2.05, 4.69) is 41.8 Å². The molecule has 41 heavy (non-hydrogen) atoms. The summed E-state index contributed by atoms with van der Waals surface area (Å²) in [7, 11) is 2.13. The van der Waals surface area contributed by atoms with Crippen LogP contribution in [-0.4, -0.2) is 69.9 Å². The number of aryl methyl sites for hydroxylation is 1. The number of piperazine rings is 1. The quantitative estimate of drug-likeness (QED) is 0.375. The molecule has 0 saturated carbocycles. The van der Waals surface area contributed by atoms with Gasteiger partial charge in [0.2, 0.25) is 5.91 Å². The van der Waals surface area contributed by atoms with Crippen molar-refractivity contribution in [3.8, 4) is 5.75 Å². The lowest BCUT2D eigenvalue weighted by Gasteiger charge is -2.35. The van der Waals surface area contributed by atoms with Crippen molar-refractivity contribution in [2.24, 2.45) is 7.05 Å². The summed E-state index contributed by atoms with van der Waals surface area (Å²) in [6.07, 6.45) is 3.03. The molecule has 0 radical (unpaired) electrons. The van der Waals surface area contributed by atoms with E-state index in [9.17, 15) is 13.8 Å². The molecule has 1 aliphatic heterocycles. The van der Waals surface area contributed by atoms with Crippen LogP contribution in [0.1, 0.15) is 62.2 Å². The number of rotatable bonds is 9. The molecule has 1 saturated heterocycles. The minimum atomic E-state index is -1.32. The molecule has 2 N–H and O–H groups in total. The summed E-state index contributed by atoms with van der Waals surface area (Å²) >= 11 is 0. The predicted molar refractivity (Wildman–Crippen MR) is 167 cm³/mol. The third-order valence-electron chi connectivity index (χ3n) is 7.62. The molecule has 1 unspecified atom stereocenters. The monoisotopic (exact) mass is 581 g/mol. The topological polar surface area (TPSA) is 95.9 Å². The summed E-state index contributed by atoms with van der Waals surface area (Å²) in [4.78, 5) is 30.3. The van der Waals surface area contributed by atoms with Crippen molar-refractivity contribution in [3.05, 3.63) is 53.2 Å². The number of hydrogen-bond donors (Lipinski definition) is 2. The summed E-state index contributed by atoms with van der Waals surface area (Å²) in [6.45, 7) is 12.2. The van der Waals surface area contributed by atoms with Gasteiger partial charge in [0.25, 0.3) is 5.91 Å². The van der Waals surface area contributed by atoms with E-state index < -0.39 is 11.0 Å². The van der Waals surface area contributed by atoms with E-state index in [0.29, 0.717) is 29.2 Å². The molecule has 0 spiro atoms. The Labute approximate surface area is 245 Å². The van der Waals surface area contributed by atoms with Crippen molar-refractivity contribution < 1.29 is 18.5 Å². The summed E-state index contributed by atoms with van der Waals surface area (Å²) in [5.74, 6) is 0.408. The number of carbonyl (C=O) groups is 2. The van der Waals surface area contributed by atoms with Gasteiger partial charge in [-0.3, -0.25) is 14.5 Å². The van der Waals surface area contributed by atoms with Crippen molar-refractivity contribution in [1.82, 2.24) is 14.4 Å². The zero-order valence-corrected chi connectivity index (χ0v) is 26.1. The van der Waals surface area contributed by atoms with E-state index in [-0.39, 0.29) is 17.2 Å². The summed E-state index contributed by atoms with van der Waals surface area (Å²) in [6, 6.07) is 11.9. The summed E-state index contributed by atoms with van der Waals surface area (Å²) in [5.41, 5.74) is 4.52. The zero-order valence-electron chi connectivity index (χ0n) is 25.3. The second-order valence-electron chi connectivity index (χ2n) is 11.7. The number of hydrogen-bond acceptors (Lipinski definition) is 5. The first-order valence-corrected chi connectivity index (χ1v) is 15.7. The Kier molecular flexibility index (Phi) is 9.44. The van der Waals surface area contributed by atoms with Crippen molar-refractivity contribution in [3.63, 3.8) is 0 Å². The van der Waals surface area contributed by atoms with Crippen LogP contribution < -0.4 is 14.8 Å². The minimum Gasteiger partial charge on any atom is -0.492 e. The van der Waals surface area contributed by atoms with Crippen molar-refractivity contribution in [2.75, 3.05) is 49.6 Å². The molecular formula is C31H43N5O4S. The standard InChI is InChI=1S/C31H43N5O4S/c1-8-10-27(37)36-15-13-35(14-16-36)20-22-12-9-11-21-17-26(34(5)28(21)22)30(38)32-24-18-23(31(2,3)4)19-25(29(24)40-6)33-41(7)39/h9,11-12,17-19,33H,8,10,13-16,20H2,1-7H3,(H,32,38). The number of aromatic nitrogens is 1. The number of para-hydroxylation sites is 1. The van der Waals surface area contributed by atoms with Gasteiger partial charge in [-0.25, -0.2) is 4.21 Å². The number of anilines is 2. The highest BCUT2D eigenvalue weighted by Gasteiger charge is 2.24. The molecule has 1 atom stereocenters. The van der Waals surface area contributed by atoms with E-state index >= 15 is 0 Å². The van der Waals surface area contributed by atoms with Gasteiger partial charge in [-0.05, 0) is 41.2 Å². The van der Waals surface area contributed by atoms with Crippen LogP contribution in [0.4, 0.5) is 11.4 Å². The maximum atomic E-state index is 13.7. The van der Waals surface area contributed by atoms with Crippen LogP contribution in [0.2, 0.25) is 0 Å². The lowest BCUT2D eigenvalue weighted by atomic mass is 9.86. The number of amides is 2. The van der Waals surface area contributed by atoms with Crippen LogP contribution in [0.3, 0.4) is 0 Å². The van der Waals surface area contributed by atoms with E-state index in [1.165, 1.54) is 7.11 Å². The van der Waals surface area contributed by atoms with Gasteiger partial charge in [0, 0.05) is 57.8 Å². The normalized spacial score (nSPS) is 15.1. The lowest BCUT2D eigenvalue weighted by Crippen LogP contribution is -2.48. The van der Waals surface area contributed by atoms with Gasteiger partial charge in [0.05, 0.1) is 24.0 Å². The number of nitrogens with zero attached hydrogens (tertiary/aromatic N) is 3. The van der Waals surface area contributed by atoms with Crippen LogP contribution in [0, 0.1) is 0 Å². The molecule has 1 fully saturated rings. The molecular weight excluding hydrogens is 538 g/mol. The minimum absolute atomic E-state index is 0.208. The second-order valence-corrected chi connectivity index (χ2v) is 12.8. The van der Waals surface area contributed by atoms with E-state index in [1.807, 2.05) is 53.8 Å². The Morgan fingerprint density at radius 2 is 1.73 bits per heavy atom. The maximum absolute atomic E-state index is 13.7. The number of nitrogens with one attached hydrogen (secondary N) is 2. The molecule has 2 heterocycles. The smallest absolute Gasteiger partial charge is 0.272 e. The van der Waals surface area contributed by atoms with Crippen LogP contribution in [0.15, 0.2) is 36.4 Å². The maximum Gasteiger partial charge on any atom is 0.272 e. The molecule has 0 aliphatic carbocycles. The Morgan fingerprint density at radius 1 is 1.05 bits per heavy atom. The number of carbonyl (C=O) groups excluding carboxylic acids is 2. The van der Waals surface area contributed by atoms with Gasteiger partial charge < -0.3 is 24.2 Å². The molecule has 2 amide bonds. The summed E-state index contributed by atoms with van der Waals surface area (Å²) < 4.78 is 22.6. The first-order valence-electron chi connectivity index (χ1n) is 14.1. The fourth-order valence-electron chi connectivity index (χ4n) is 5.41. The highest BCUT2D eigenvalue weighted by atomic mass is 32.2. The third-order valence-corrected chi connectivity index (χ3v) is 8.12. The van der Waals surface area contributed by atoms with Crippen molar-refractivity contribution in [1.29, 1.82) is 0 Å². The van der Waals surface area contributed by atoms with Gasteiger partial charge in [-0.1, -0.05) is 45.9 Å². The van der Waals surface area contributed by atoms with Crippen LogP contribution in [0.5, 0.6) is 5.75 Å². The molecule has 4 rings (SSSR count). The van der Waals surface area contributed by atoms with E-state index in [0.717, 1.165) is 61.2 Å². The zero-order chi connectivity index (χ0) is 29.9. The van der Waals surface area contributed by atoms with Gasteiger partial charge in [-0.2, -0.15) is 0 Å². The Hall–Kier alpha value is -3.37. The first kappa shape index (κ1) is 30.6. The molecule has 0 bridgehead atoms. The Balaban J connectivity index is 1.60. The van der Waals surface area contributed by atoms with E-state index in [4.69, 9.17) is 4.74 Å². The molecule has 2 aromatic carbocycles. The molecule has 10 heteroatoms. The summed E-state index contributed by atoms with van der Waals surface area (Å²) in [5, 5.41) is 4.05. The molecule has 1 aliphatic rings. The molecule has 1 aromatic heterocycles. The van der Waals surface area contributed by atoms with Gasteiger partial charge in [-0.15, -0.1) is 0 Å². The fraction of sp³-hybridized carbons (Fsp3) is 0.484. The number of benzene rings is 2. The molecule has 222 valence electrons. The lowest BCUT2D eigenvalue weighted by molar-refractivity contribution is -0.133. The van der Waals surface area contributed by atoms with Crippen LogP contribution in [0.25, 0.3) is 10.9 Å². The highest BCUT2D eigenvalue weighted by molar-refractivity contribution is 7.85. The number of methoxy groups -OCH3 is 1. The third kappa shape index (κ3) is 6.93. The van der Waals surface area contributed by atoms with Gasteiger partial charge in [0.1, 0.15) is 16.7 Å². The SMILES string of the molecule is CCCC(=O)N1CCN(Cc2cccc3cc(C(=O)Nc4cc(C(C)(C)C)cc(NS(C)=O)c4OC)n(C)c23)CC1. The Bertz CT molecular complexity index is 1450. The van der Waals surface area contributed by atoms with Crippen LogP contribution in [-0.2, 0) is 34.8 Å². The highest BCUT2D eigenvalue weighted by Crippen LogP contribution is 2.39. The largest absolute Gasteiger partial charge is 0.492 e.